The Balaban J connectivity index is 1.76. The number of nitrogens with one attached hydrogen (secondary N) is 1. The Morgan fingerprint density at radius 2 is 1.92 bits per heavy atom. The molecule has 126 valence electrons. The summed E-state index contributed by atoms with van der Waals surface area (Å²) in [6, 6.07) is 15.5. The average Bonchev–Trinajstić information content (AvgIpc) is 3.05. The van der Waals surface area contributed by atoms with Crippen LogP contribution in [0.2, 0.25) is 5.02 Å². The molecular formula is C18H12BrClN2O3. The summed E-state index contributed by atoms with van der Waals surface area (Å²) >= 11 is 9.51. The van der Waals surface area contributed by atoms with E-state index in [1.54, 1.807) is 12.1 Å². The lowest BCUT2D eigenvalue weighted by Gasteiger charge is -2.02. The first-order valence-electron chi connectivity index (χ1n) is 7.20. The first-order valence-corrected chi connectivity index (χ1v) is 8.38. The number of carboxylic acids is 1. The van der Waals surface area contributed by atoms with Crippen molar-refractivity contribution in [1.82, 2.24) is 0 Å². The van der Waals surface area contributed by atoms with E-state index in [9.17, 15) is 4.79 Å². The van der Waals surface area contributed by atoms with Crippen LogP contribution < -0.4 is 5.43 Å². The monoisotopic (exact) mass is 418 g/mol. The van der Waals surface area contributed by atoms with Crippen molar-refractivity contribution in [1.29, 1.82) is 0 Å². The number of benzene rings is 2. The van der Waals surface area contributed by atoms with Crippen LogP contribution in [0.4, 0.5) is 5.69 Å². The molecule has 0 aliphatic carbocycles. The number of carbonyl (C=O) groups is 1. The second-order valence-corrected chi connectivity index (χ2v) is 6.40. The summed E-state index contributed by atoms with van der Waals surface area (Å²) in [7, 11) is 0. The molecule has 0 aliphatic heterocycles. The Morgan fingerprint density at radius 1 is 1.16 bits per heavy atom. The molecule has 0 amide bonds. The fourth-order valence-electron chi connectivity index (χ4n) is 2.11. The van der Waals surface area contributed by atoms with Crippen LogP contribution >= 0.6 is 27.5 Å². The molecule has 3 aromatic rings. The molecule has 2 N–H and O–H groups in total. The average molecular weight is 420 g/mol. The van der Waals surface area contributed by atoms with Gasteiger partial charge in [0.05, 0.1) is 22.5 Å². The van der Waals surface area contributed by atoms with Gasteiger partial charge in [-0.1, -0.05) is 27.5 Å². The summed E-state index contributed by atoms with van der Waals surface area (Å²) in [4.78, 5) is 11.1. The van der Waals surface area contributed by atoms with Crippen molar-refractivity contribution < 1.29 is 14.3 Å². The number of anilines is 1. The molecule has 5 nitrogen and oxygen atoms in total. The Kier molecular flexibility index (Phi) is 5.21. The third-order valence-corrected chi connectivity index (χ3v) is 4.19. The quantitative estimate of drug-likeness (QED) is 0.422. The van der Waals surface area contributed by atoms with E-state index in [1.165, 1.54) is 24.4 Å². The molecule has 0 spiro atoms. The van der Waals surface area contributed by atoms with Gasteiger partial charge in [-0.2, -0.15) is 5.10 Å². The summed E-state index contributed by atoms with van der Waals surface area (Å²) in [5.74, 6) is -0.0421. The van der Waals surface area contributed by atoms with Crippen LogP contribution in [0.1, 0.15) is 16.1 Å². The van der Waals surface area contributed by atoms with Crippen molar-refractivity contribution >= 4 is 45.4 Å². The first-order chi connectivity index (χ1) is 12.0. The molecule has 0 saturated carbocycles. The van der Waals surface area contributed by atoms with Gasteiger partial charge in [0.15, 0.2) is 0 Å². The number of rotatable bonds is 5. The number of halogens is 2. The molecule has 1 heterocycles. The van der Waals surface area contributed by atoms with Gasteiger partial charge in [0.2, 0.25) is 0 Å². The highest BCUT2D eigenvalue weighted by Crippen LogP contribution is 2.30. The minimum Gasteiger partial charge on any atom is -0.478 e. The lowest BCUT2D eigenvalue weighted by Crippen LogP contribution is -1.96. The molecule has 0 atom stereocenters. The van der Waals surface area contributed by atoms with Crippen molar-refractivity contribution in [2.24, 2.45) is 5.10 Å². The smallest absolute Gasteiger partial charge is 0.335 e. The standard InChI is InChI=1S/C18H12BrClN2O3/c19-12-2-4-13(5-3-12)22-21-10-14-6-8-17(25-14)15-9-11(18(23)24)1-7-16(15)20/h1-10,22H,(H,23,24)/b21-10+. The van der Waals surface area contributed by atoms with Crippen LogP contribution in [0, 0.1) is 0 Å². The number of furan rings is 1. The number of hydrogen-bond acceptors (Lipinski definition) is 4. The summed E-state index contributed by atoms with van der Waals surface area (Å²) < 4.78 is 6.65. The second-order valence-electron chi connectivity index (χ2n) is 5.08. The first kappa shape index (κ1) is 17.3. The maximum atomic E-state index is 11.1. The summed E-state index contributed by atoms with van der Waals surface area (Å²) in [5, 5.41) is 13.6. The Labute approximate surface area is 157 Å². The van der Waals surface area contributed by atoms with Gasteiger partial charge in [-0.25, -0.2) is 4.79 Å². The van der Waals surface area contributed by atoms with Crippen LogP contribution in [-0.2, 0) is 0 Å². The van der Waals surface area contributed by atoms with E-state index >= 15 is 0 Å². The molecule has 0 aliphatic rings. The van der Waals surface area contributed by atoms with E-state index in [-0.39, 0.29) is 5.56 Å². The molecule has 0 unspecified atom stereocenters. The van der Waals surface area contributed by atoms with Gasteiger partial charge in [-0.3, -0.25) is 5.43 Å². The van der Waals surface area contributed by atoms with Crippen molar-refractivity contribution in [3.63, 3.8) is 0 Å². The fourth-order valence-corrected chi connectivity index (χ4v) is 2.58. The highest BCUT2D eigenvalue weighted by Gasteiger charge is 2.12. The third kappa shape index (κ3) is 4.29. The van der Waals surface area contributed by atoms with Gasteiger partial charge in [0.1, 0.15) is 11.5 Å². The predicted octanol–water partition coefficient (Wildman–Crippen LogP) is 5.51. The molecular weight excluding hydrogens is 408 g/mol. The van der Waals surface area contributed by atoms with Crippen LogP contribution in [0.25, 0.3) is 11.3 Å². The van der Waals surface area contributed by atoms with Crippen LogP contribution in [-0.4, -0.2) is 17.3 Å². The molecule has 25 heavy (non-hydrogen) atoms. The number of carboxylic acid groups (broad SMARTS) is 1. The van der Waals surface area contributed by atoms with Crippen molar-refractivity contribution in [2.45, 2.75) is 0 Å². The van der Waals surface area contributed by atoms with E-state index in [2.05, 4.69) is 26.5 Å². The lowest BCUT2D eigenvalue weighted by atomic mass is 10.1. The largest absolute Gasteiger partial charge is 0.478 e. The van der Waals surface area contributed by atoms with Gasteiger partial charge < -0.3 is 9.52 Å². The number of aromatic carboxylic acids is 1. The summed E-state index contributed by atoms with van der Waals surface area (Å²) in [6.45, 7) is 0. The molecule has 0 fully saturated rings. The van der Waals surface area contributed by atoms with E-state index in [0.29, 0.717) is 22.1 Å². The second kappa shape index (κ2) is 7.55. The highest BCUT2D eigenvalue weighted by molar-refractivity contribution is 9.10. The zero-order chi connectivity index (χ0) is 17.8. The molecule has 7 heteroatoms. The number of hydrogen-bond donors (Lipinski definition) is 2. The Hall–Kier alpha value is -2.57. The van der Waals surface area contributed by atoms with Crippen molar-refractivity contribution in [3.8, 4) is 11.3 Å². The maximum absolute atomic E-state index is 11.1. The molecule has 3 rings (SSSR count). The molecule has 0 bridgehead atoms. The zero-order valence-electron chi connectivity index (χ0n) is 12.7. The lowest BCUT2D eigenvalue weighted by molar-refractivity contribution is 0.0697. The zero-order valence-corrected chi connectivity index (χ0v) is 15.1. The Bertz CT molecular complexity index is 936. The van der Waals surface area contributed by atoms with Crippen molar-refractivity contribution in [2.75, 3.05) is 5.43 Å². The summed E-state index contributed by atoms with van der Waals surface area (Å²) in [5.41, 5.74) is 4.38. The minimum absolute atomic E-state index is 0.142. The third-order valence-electron chi connectivity index (χ3n) is 3.34. The molecule has 0 radical (unpaired) electrons. The van der Waals surface area contributed by atoms with E-state index < -0.39 is 5.97 Å². The molecule has 0 saturated heterocycles. The SMILES string of the molecule is O=C(O)c1ccc(Cl)c(-c2ccc(/C=N/Nc3ccc(Br)cc3)o2)c1. The molecule has 1 aromatic heterocycles. The highest BCUT2D eigenvalue weighted by atomic mass is 79.9. The van der Waals surface area contributed by atoms with Gasteiger partial charge in [0, 0.05) is 10.0 Å². The predicted molar refractivity (Wildman–Crippen MR) is 101 cm³/mol. The Morgan fingerprint density at radius 3 is 2.64 bits per heavy atom. The summed E-state index contributed by atoms with van der Waals surface area (Å²) in [6.07, 6.45) is 1.53. The number of hydrazone groups is 1. The van der Waals surface area contributed by atoms with Crippen LogP contribution in [0.15, 0.2) is 68.6 Å². The van der Waals surface area contributed by atoms with Crippen LogP contribution in [0.5, 0.6) is 0 Å². The number of nitrogens with zero attached hydrogens (tertiary/aromatic N) is 1. The van der Waals surface area contributed by atoms with Gasteiger partial charge in [0.25, 0.3) is 0 Å². The van der Waals surface area contributed by atoms with E-state index in [0.717, 1.165) is 10.2 Å². The molecule has 2 aromatic carbocycles. The van der Waals surface area contributed by atoms with Gasteiger partial charge in [-0.05, 0) is 54.6 Å². The van der Waals surface area contributed by atoms with Gasteiger partial charge in [-0.15, -0.1) is 0 Å². The maximum Gasteiger partial charge on any atom is 0.335 e. The normalized spacial score (nSPS) is 11.0. The topological polar surface area (TPSA) is 74.8 Å². The van der Waals surface area contributed by atoms with Crippen molar-refractivity contribution in [3.05, 3.63) is 75.4 Å². The fraction of sp³-hybridized carbons (Fsp3) is 0. The minimum atomic E-state index is -1.02. The van der Waals surface area contributed by atoms with Gasteiger partial charge >= 0.3 is 5.97 Å². The van der Waals surface area contributed by atoms with E-state index in [4.69, 9.17) is 21.1 Å². The van der Waals surface area contributed by atoms with E-state index in [1.807, 2.05) is 24.3 Å². The van der Waals surface area contributed by atoms with Crippen LogP contribution in [0.3, 0.4) is 0 Å².